The Balaban J connectivity index is 1.42. The molecule has 4 aromatic rings. The standard InChI is InChI=1S/C28H31N5O5/c1-2-3-10-25(34)33(18-28(38-27(35)36)13-6-7-14-28)17-19-11-12-23-20(15-19)16-24(37-23)21-8-4-5-9-22(21)26-29-31-32-30-26/h4-5,8-9,11-12,15-16H,2-3,6-7,10,13-14,17-18H2,1H3,(H,35,36)(H,29,30,31,32). The normalized spacial score (nSPS) is 14.6. The number of hydrogen-bond donors (Lipinski definition) is 2. The number of ether oxygens (including phenoxy) is 1. The number of fused-ring (bicyclic) bond motifs is 1. The van der Waals surface area contributed by atoms with Gasteiger partial charge in [0.1, 0.15) is 16.9 Å². The van der Waals surface area contributed by atoms with Gasteiger partial charge in [-0.3, -0.25) is 4.79 Å². The van der Waals surface area contributed by atoms with Crippen LogP contribution in [0.25, 0.3) is 33.7 Å². The van der Waals surface area contributed by atoms with Crippen molar-refractivity contribution in [2.75, 3.05) is 6.54 Å². The molecule has 1 saturated carbocycles. The predicted octanol–water partition coefficient (Wildman–Crippen LogP) is 5.81. The third-order valence-corrected chi connectivity index (χ3v) is 7.14. The van der Waals surface area contributed by atoms with E-state index in [0.717, 1.165) is 53.3 Å². The van der Waals surface area contributed by atoms with Gasteiger partial charge in [-0.05, 0) is 66.3 Å². The van der Waals surface area contributed by atoms with E-state index in [1.165, 1.54) is 0 Å². The molecule has 0 saturated heterocycles. The molecule has 0 bridgehead atoms. The summed E-state index contributed by atoms with van der Waals surface area (Å²) in [6.07, 6.45) is 3.85. The minimum Gasteiger partial charge on any atom is -0.456 e. The number of tetrazole rings is 1. The van der Waals surface area contributed by atoms with Crippen LogP contribution in [0.2, 0.25) is 0 Å². The molecule has 5 rings (SSSR count). The second-order valence-corrected chi connectivity index (χ2v) is 9.89. The van der Waals surface area contributed by atoms with Gasteiger partial charge in [0, 0.05) is 29.5 Å². The Kier molecular flexibility index (Phi) is 7.39. The summed E-state index contributed by atoms with van der Waals surface area (Å²) < 4.78 is 11.5. The number of nitrogens with zero attached hydrogens (tertiary/aromatic N) is 4. The molecule has 2 N–H and O–H groups in total. The smallest absolute Gasteiger partial charge is 0.456 e. The van der Waals surface area contributed by atoms with Crippen molar-refractivity contribution in [2.45, 2.75) is 64.0 Å². The average molecular weight is 518 g/mol. The summed E-state index contributed by atoms with van der Waals surface area (Å²) in [5.41, 5.74) is 2.49. The maximum atomic E-state index is 13.2. The van der Waals surface area contributed by atoms with E-state index < -0.39 is 11.8 Å². The zero-order valence-corrected chi connectivity index (χ0v) is 21.4. The summed E-state index contributed by atoms with van der Waals surface area (Å²) in [7, 11) is 0. The second kappa shape index (κ2) is 11.0. The number of carbonyl (C=O) groups is 2. The van der Waals surface area contributed by atoms with Gasteiger partial charge in [0.2, 0.25) is 5.91 Å². The molecular formula is C28H31N5O5. The van der Waals surface area contributed by atoms with E-state index in [-0.39, 0.29) is 12.5 Å². The number of amides is 1. The molecule has 1 aliphatic carbocycles. The monoisotopic (exact) mass is 517 g/mol. The number of carboxylic acid groups (broad SMARTS) is 1. The number of carbonyl (C=O) groups excluding carboxylic acids is 1. The maximum absolute atomic E-state index is 13.2. The highest BCUT2D eigenvalue weighted by atomic mass is 16.7. The molecule has 1 fully saturated rings. The van der Waals surface area contributed by atoms with Gasteiger partial charge in [-0.1, -0.05) is 43.7 Å². The first kappa shape index (κ1) is 25.4. The number of unbranched alkanes of at least 4 members (excludes halogenated alkanes) is 1. The first-order valence-corrected chi connectivity index (χ1v) is 13.0. The van der Waals surface area contributed by atoms with Gasteiger partial charge in [0.25, 0.3) is 0 Å². The van der Waals surface area contributed by atoms with E-state index in [1.54, 1.807) is 4.90 Å². The van der Waals surface area contributed by atoms with Crippen LogP contribution in [0.3, 0.4) is 0 Å². The minimum absolute atomic E-state index is 0.00897. The quantitative estimate of drug-likeness (QED) is 0.252. The molecular weight excluding hydrogens is 486 g/mol. The van der Waals surface area contributed by atoms with Crippen LogP contribution in [-0.2, 0) is 16.1 Å². The van der Waals surface area contributed by atoms with Crippen LogP contribution in [0.5, 0.6) is 0 Å². The predicted molar refractivity (Wildman–Crippen MR) is 140 cm³/mol. The van der Waals surface area contributed by atoms with E-state index in [0.29, 0.717) is 37.4 Å². The molecule has 1 aliphatic rings. The van der Waals surface area contributed by atoms with E-state index in [2.05, 4.69) is 20.6 Å². The van der Waals surface area contributed by atoms with E-state index in [1.807, 2.05) is 55.5 Å². The lowest BCUT2D eigenvalue weighted by atomic mass is 10.00. The number of rotatable bonds is 10. The van der Waals surface area contributed by atoms with Crippen LogP contribution >= 0.6 is 0 Å². The van der Waals surface area contributed by atoms with E-state index in [9.17, 15) is 14.7 Å². The third-order valence-electron chi connectivity index (χ3n) is 7.14. The number of nitrogens with one attached hydrogen (secondary N) is 1. The molecule has 0 atom stereocenters. The third kappa shape index (κ3) is 5.53. The lowest BCUT2D eigenvalue weighted by Gasteiger charge is -2.34. The van der Waals surface area contributed by atoms with Crippen molar-refractivity contribution in [3.05, 3.63) is 54.1 Å². The highest BCUT2D eigenvalue weighted by molar-refractivity contribution is 5.87. The Bertz CT molecular complexity index is 1410. The van der Waals surface area contributed by atoms with Crippen molar-refractivity contribution < 1.29 is 23.8 Å². The number of H-pyrrole nitrogens is 1. The molecule has 0 unspecified atom stereocenters. The van der Waals surface area contributed by atoms with Crippen LogP contribution in [0.15, 0.2) is 52.9 Å². The zero-order valence-electron chi connectivity index (χ0n) is 21.4. The summed E-state index contributed by atoms with van der Waals surface area (Å²) in [5, 5.41) is 24.5. The van der Waals surface area contributed by atoms with Crippen molar-refractivity contribution in [3.63, 3.8) is 0 Å². The number of hydrogen-bond acceptors (Lipinski definition) is 7. The molecule has 0 spiro atoms. The van der Waals surface area contributed by atoms with Crippen LogP contribution in [0.4, 0.5) is 4.79 Å². The molecule has 0 radical (unpaired) electrons. The lowest BCUT2D eigenvalue weighted by Crippen LogP contribution is -2.46. The Morgan fingerprint density at radius 2 is 1.92 bits per heavy atom. The van der Waals surface area contributed by atoms with Crippen molar-refractivity contribution in [1.82, 2.24) is 25.5 Å². The van der Waals surface area contributed by atoms with E-state index in [4.69, 9.17) is 9.15 Å². The molecule has 10 nitrogen and oxygen atoms in total. The Labute approximate surface area is 220 Å². The molecule has 10 heteroatoms. The topological polar surface area (TPSA) is 134 Å². The first-order valence-electron chi connectivity index (χ1n) is 13.0. The van der Waals surface area contributed by atoms with Crippen molar-refractivity contribution in [3.8, 4) is 22.7 Å². The maximum Gasteiger partial charge on any atom is 0.506 e. The number of aromatic amines is 1. The fraction of sp³-hybridized carbons (Fsp3) is 0.393. The number of aromatic nitrogens is 4. The minimum atomic E-state index is -1.29. The summed E-state index contributed by atoms with van der Waals surface area (Å²) in [5.74, 6) is 1.24. The van der Waals surface area contributed by atoms with Crippen LogP contribution in [0.1, 0.15) is 57.4 Å². The zero-order chi connectivity index (χ0) is 26.5. The van der Waals surface area contributed by atoms with Gasteiger partial charge in [-0.15, -0.1) is 5.10 Å². The summed E-state index contributed by atoms with van der Waals surface area (Å²) >= 11 is 0. The fourth-order valence-electron chi connectivity index (χ4n) is 5.29. The highest BCUT2D eigenvalue weighted by Crippen LogP contribution is 2.36. The van der Waals surface area contributed by atoms with Crippen LogP contribution in [0, 0.1) is 0 Å². The van der Waals surface area contributed by atoms with Gasteiger partial charge in [-0.25, -0.2) is 9.89 Å². The van der Waals surface area contributed by atoms with Crippen LogP contribution < -0.4 is 0 Å². The highest BCUT2D eigenvalue weighted by Gasteiger charge is 2.40. The molecule has 2 aromatic heterocycles. The first-order chi connectivity index (χ1) is 18.5. The molecule has 2 heterocycles. The second-order valence-electron chi connectivity index (χ2n) is 9.89. The Morgan fingerprint density at radius 3 is 2.63 bits per heavy atom. The summed E-state index contributed by atoms with van der Waals surface area (Å²) in [6.45, 7) is 2.67. The van der Waals surface area contributed by atoms with Gasteiger partial charge >= 0.3 is 6.16 Å². The Morgan fingerprint density at radius 1 is 1.13 bits per heavy atom. The summed E-state index contributed by atoms with van der Waals surface area (Å²) in [4.78, 5) is 26.4. The van der Waals surface area contributed by atoms with Crippen molar-refractivity contribution in [2.24, 2.45) is 0 Å². The van der Waals surface area contributed by atoms with Crippen molar-refractivity contribution >= 4 is 23.0 Å². The lowest BCUT2D eigenvalue weighted by molar-refractivity contribution is -0.136. The van der Waals surface area contributed by atoms with Gasteiger partial charge in [0.15, 0.2) is 5.82 Å². The Hall–Kier alpha value is -4.21. The fourth-order valence-corrected chi connectivity index (χ4v) is 5.29. The van der Waals surface area contributed by atoms with Crippen LogP contribution in [-0.4, -0.2) is 54.8 Å². The van der Waals surface area contributed by atoms with Gasteiger partial charge in [0.05, 0.1) is 6.54 Å². The summed E-state index contributed by atoms with van der Waals surface area (Å²) in [6, 6.07) is 15.6. The molecule has 0 aliphatic heterocycles. The molecule has 198 valence electrons. The van der Waals surface area contributed by atoms with Crippen molar-refractivity contribution in [1.29, 1.82) is 0 Å². The van der Waals surface area contributed by atoms with Gasteiger partial charge in [-0.2, -0.15) is 0 Å². The van der Waals surface area contributed by atoms with Gasteiger partial charge < -0.3 is 19.2 Å². The van der Waals surface area contributed by atoms with E-state index >= 15 is 0 Å². The molecule has 1 amide bonds. The SMILES string of the molecule is CCCCC(=O)N(Cc1ccc2oc(-c3ccccc3-c3nnn[nH]3)cc2c1)CC1(OC(=O)O)CCCC1. The number of benzene rings is 2. The number of furan rings is 1. The molecule has 38 heavy (non-hydrogen) atoms. The average Bonchev–Trinajstić information content (AvgIpc) is 3.68. The molecule has 2 aromatic carbocycles. The largest absolute Gasteiger partial charge is 0.506 e.